The highest BCUT2D eigenvalue weighted by Crippen LogP contribution is 2.50. The fourth-order valence-electron chi connectivity index (χ4n) is 5.81. The number of rotatable bonds is 6. The Morgan fingerprint density at radius 2 is 1.60 bits per heavy atom. The minimum absolute atomic E-state index is 0.0294. The second-order valence-electron chi connectivity index (χ2n) is 10.7. The third kappa shape index (κ3) is 4.95. The minimum Gasteiger partial charge on any atom is -0.493 e. The average Bonchev–Trinajstić information content (AvgIpc) is 2.81. The quantitative estimate of drug-likeness (QED) is 0.504. The zero-order valence-electron chi connectivity index (χ0n) is 21.7. The van der Waals surface area contributed by atoms with E-state index in [4.69, 9.17) is 23.9 Å². The van der Waals surface area contributed by atoms with Gasteiger partial charge in [-0.3, -0.25) is 14.6 Å². The lowest BCUT2D eigenvalue weighted by Crippen LogP contribution is -2.40. The van der Waals surface area contributed by atoms with Crippen LogP contribution in [0.2, 0.25) is 0 Å². The second kappa shape index (κ2) is 10.0. The summed E-state index contributed by atoms with van der Waals surface area (Å²) in [4.78, 5) is 32.1. The number of benzene rings is 1. The lowest BCUT2D eigenvalue weighted by molar-refractivity contribution is -0.153. The smallest absolute Gasteiger partial charge is 0.315 e. The SMILES string of the molecule is COc1cc([C@@H]2C3=C(CC(C)(C)CC3=O)N=C(C)C2C(=O)OC2CCCCC2)cc(OC)c1OC. The van der Waals surface area contributed by atoms with Crippen LogP contribution in [0.3, 0.4) is 0 Å². The van der Waals surface area contributed by atoms with Crippen molar-refractivity contribution >= 4 is 17.5 Å². The molecule has 1 aromatic carbocycles. The maximum Gasteiger partial charge on any atom is 0.315 e. The van der Waals surface area contributed by atoms with Crippen LogP contribution in [0.5, 0.6) is 17.2 Å². The molecule has 190 valence electrons. The highest BCUT2D eigenvalue weighted by Gasteiger charge is 2.47. The monoisotopic (exact) mass is 483 g/mol. The molecule has 0 spiro atoms. The van der Waals surface area contributed by atoms with Gasteiger partial charge in [-0.15, -0.1) is 0 Å². The van der Waals surface area contributed by atoms with E-state index in [9.17, 15) is 9.59 Å². The predicted molar refractivity (Wildman–Crippen MR) is 133 cm³/mol. The molecule has 4 rings (SSSR count). The van der Waals surface area contributed by atoms with Crippen LogP contribution in [-0.2, 0) is 14.3 Å². The van der Waals surface area contributed by atoms with Gasteiger partial charge >= 0.3 is 5.97 Å². The largest absolute Gasteiger partial charge is 0.493 e. The van der Waals surface area contributed by atoms with E-state index in [2.05, 4.69) is 13.8 Å². The van der Waals surface area contributed by atoms with Crippen LogP contribution >= 0.6 is 0 Å². The summed E-state index contributed by atoms with van der Waals surface area (Å²) in [7, 11) is 4.67. The summed E-state index contributed by atoms with van der Waals surface area (Å²) in [6.45, 7) is 6.03. The van der Waals surface area contributed by atoms with Gasteiger partial charge in [-0.05, 0) is 62.1 Å². The van der Waals surface area contributed by atoms with E-state index < -0.39 is 11.8 Å². The Kier molecular flexibility index (Phi) is 7.25. The van der Waals surface area contributed by atoms with Gasteiger partial charge in [0.1, 0.15) is 12.0 Å². The van der Waals surface area contributed by atoms with Crippen molar-refractivity contribution in [3.8, 4) is 17.2 Å². The van der Waals surface area contributed by atoms with Crippen molar-refractivity contribution in [2.24, 2.45) is 16.3 Å². The van der Waals surface area contributed by atoms with E-state index >= 15 is 0 Å². The standard InChI is InChI=1S/C28H37NO6/c1-16-23(27(31)35-18-10-8-7-9-11-18)24(25-19(29-16)14-28(2,3)15-20(25)30)17-12-21(32-4)26(34-6)22(13-17)33-5/h12-13,18,23-24H,7-11,14-15H2,1-6H3/t23?,24-/m0/s1. The molecule has 0 N–H and O–H groups in total. The number of methoxy groups -OCH3 is 3. The summed E-state index contributed by atoms with van der Waals surface area (Å²) < 4.78 is 22.7. The first-order valence-corrected chi connectivity index (χ1v) is 12.5. The number of hydrogen-bond donors (Lipinski definition) is 0. The fourth-order valence-corrected chi connectivity index (χ4v) is 5.81. The molecule has 35 heavy (non-hydrogen) atoms. The van der Waals surface area contributed by atoms with Crippen molar-refractivity contribution in [1.29, 1.82) is 0 Å². The summed E-state index contributed by atoms with van der Waals surface area (Å²) in [6, 6.07) is 3.67. The Bertz CT molecular complexity index is 1040. The van der Waals surface area contributed by atoms with Crippen LogP contribution in [0.1, 0.15) is 77.2 Å². The summed E-state index contributed by atoms with van der Waals surface area (Å²) >= 11 is 0. The molecule has 1 fully saturated rings. The van der Waals surface area contributed by atoms with Gasteiger partial charge in [0.25, 0.3) is 0 Å². The van der Waals surface area contributed by atoms with Gasteiger partial charge in [-0.1, -0.05) is 20.3 Å². The summed E-state index contributed by atoms with van der Waals surface area (Å²) in [5.74, 6) is -0.0896. The highest BCUT2D eigenvalue weighted by atomic mass is 16.5. The molecule has 0 amide bonds. The first-order valence-electron chi connectivity index (χ1n) is 12.5. The van der Waals surface area contributed by atoms with E-state index in [-0.39, 0.29) is 23.3 Å². The molecular formula is C28H37NO6. The van der Waals surface area contributed by atoms with Crippen molar-refractivity contribution in [3.05, 3.63) is 29.0 Å². The number of ether oxygens (including phenoxy) is 4. The van der Waals surface area contributed by atoms with Crippen molar-refractivity contribution in [2.45, 2.75) is 77.7 Å². The fraction of sp³-hybridized carbons (Fsp3) is 0.607. The Morgan fingerprint density at radius 1 is 0.971 bits per heavy atom. The van der Waals surface area contributed by atoms with Crippen LogP contribution in [0.4, 0.5) is 0 Å². The molecule has 1 aromatic rings. The summed E-state index contributed by atoms with van der Waals surface area (Å²) in [5.41, 5.74) is 2.61. The zero-order chi connectivity index (χ0) is 25.3. The van der Waals surface area contributed by atoms with E-state index in [0.29, 0.717) is 41.4 Å². The number of aliphatic imine (C=N–C) groups is 1. The lowest BCUT2D eigenvalue weighted by atomic mass is 9.67. The van der Waals surface area contributed by atoms with Crippen molar-refractivity contribution in [3.63, 3.8) is 0 Å². The Balaban J connectivity index is 1.84. The molecule has 1 unspecified atom stereocenters. The number of hydrogen-bond acceptors (Lipinski definition) is 7. The molecule has 0 radical (unpaired) electrons. The topological polar surface area (TPSA) is 83.4 Å². The van der Waals surface area contributed by atoms with Gasteiger partial charge in [-0.25, -0.2) is 0 Å². The number of Topliss-reactive ketones (excluding diaryl/α,β-unsaturated/α-hetero) is 1. The molecule has 3 aliphatic rings. The number of esters is 1. The number of carbonyl (C=O) groups excluding carboxylic acids is 2. The Labute approximate surface area is 207 Å². The van der Waals surface area contributed by atoms with E-state index in [1.54, 1.807) is 21.3 Å². The number of allylic oxidation sites excluding steroid dienone is 2. The maximum absolute atomic E-state index is 13.7. The van der Waals surface area contributed by atoms with Crippen molar-refractivity contribution < 1.29 is 28.5 Å². The molecule has 1 aliphatic heterocycles. The predicted octanol–water partition coefficient (Wildman–Crippen LogP) is 5.41. The third-order valence-corrected chi connectivity index (χ3v) is 7.44. The molecule has 1 saturated carbocycles. The number of nitrogens with zero attached hydrogens (tertiary/aromatic N) is 1. The van der Waals surface area contributed by atoms with Crippen molar-refractivity contribution in [1.82, 2.24) is 0 Å². The average molecular weight is 484 g/mol. The van der Waals surface area contributed by atoms with Gasteiger partial charge in [0.2, 0.25) is 5.75 Å². The molecular weight excluding hydrogens is 446 g/mol. The maximum atomic E-state index is 13.7. The molecule has 0 bridgehead atoms. The molecule has 7 heteroatoms. The van der Waals surface area contributed by atoms with Crippen LogP contribution in [0.15, 0.2) is 28.4 Å². The Morgan fingerprint density at radius 3 is 2.17 bits per heavy atom. The number of ketones is 1. The lowest BCUT2D eigenvalue weighted by Gasteiger charge is -2.39. The van der Waals surface area contributed by atoms with Gasteiger partial charge < -0.3 is 18.9 Å². The molecule has 0 saturated heterocycles. The van der Waals surface area contributed by atoms with Crippen LogP contribution < -0.4 is 14.2 Å². The van der Waals surface area contributed by atoms with E-state index in [0.717, 1.165) is 36.9 Å². The second-order valence-corrected chi connectivity index (χ2v) is 10.7. The molecule has 1 heterocycles. The van der Waals surface area contributed by atoms with E-state index in [1.165, 1.54) is 6.42 Å². The van der Waals surface area contributed by atoms with E-state index in [1.807, 2.05) is 19.1 Å². The molecule has 2 atom stereocenters. The number of carbonyl (C=O) groups is 2. The summed E-state index contributed by atoms with van der Waals surface area (Å²) in [6.07, 6.45) is 6.06. The minimum atomic E-state index is -0.691. The van der Waals surface area contributed by atoms with Gasteiger partial charge in [0.15, 0.2) is 17.3 Å². The normalized spacial score (nSPS) is 24.4. The van der Waals surface area contributed by atoms with Crippen LogP contribution in [0, 0.1) is 11.3 Å². The van der Waals surface area contributed by atoms with Gasteiger partial charge in [0, 0.05) is 29.3 Å². The van der Waals surface area contributed by atoms with Crippen LogP contribution in [-0.4, -0.2) is 44.9 Å². The van der Waals surface area contributed by atoms with Crippen LogP contribution in [0.25, 0.3) is 0 Å². The third-order valence-electron chi connectivity index (χ3n) is 7.44. The highest BCUT2D eigenvalue weighted by molar-refractivity contribution is 6.09. The molecule has 7 nitrogen and oxygen atoms in total. The molecule has 2 aliphatic carbocycles. The zero-order valence-corrected chi connectivity index (χ0v) is 21.7. The Hall–Kier alpha value is -2.83. The first-order chi connectivity index (χ1) is 16.7. The first kappa shape index (κ1) is 25.3. The van der Waals surface area contributed by atoms with Gasteiger partial charge in [-0.2, -0.15) is 0 Å². The van der Waals surface area contributed by atoms with Crippen molar-refractivity contribution in [2.75, 3.05) is 21.3 Å². The molecule has 0 aromatic heterocycles. The summed E-state index contributed by atoms with van der Waals surface area (Å²) in [5, 5.41) is 0. The van der Waals surface area contributed by atoms with Gasteiger partial charge in [0.05, 0.1) is 21.3 Å².